The van der Waals surface area contributed by atoms with Crippen LogP contribution in [-0.4, -0.2) is 59.3 Å². The number of nitrogens with one attached hydrogen (secondary N) is 1. The van der Waals surface area contributed by atoms with Crippen LogP contribution in [0, 0.1) is 0 Å². The quantitative estimate of drug-likeness (QED) is 0.656. The SMILES string of the molecule is CCNC(=NCC1(O)CCSC1)N1CCC(c2ccccc2)C1. The predicted molar refractivity (Wildman–Crippen MR) is 98.2 cm³/mol. The lowest BCUT2D eigenvalue weighted by atomic mass is 9.99. The number of benzene rings is 1. The Hall–Kier alpha value is -1.20. The molecule has 1 aromatic carbocycles. The Balaban J connectivity index is 1.64. The Morgan fingerprint density at radius 2 is 2.26 bits per heavy atom. The summed E-state index contributed by atoms with van der Waals surface area (Å²) < 4.78 is 0. The van der Waals surface area contributed by atoms with Crippen molar-refractivity contribution in [3.8, 4) is 0 Å². The van der Waals surface area contributed by atoms with Gasteiger partial charge in [0.25, 0.3) is 0 Å². The highest BCUT2D eigenvalue weighted by atomic mass is 32.2. The van der Waals surface area contributed by atoms with Gasteiger partial charge in [0.1, 0.15) is 0 Å². The standard InChI is InChI=1S/C18H27N3OS/c1-2-19-17(20-13-18(22)9-11-23-14-18)21-10-8-16(12-21)15-6-4-3-5-7-15/h3-7,16,22H,2,8-14H2,1H3,(H,19,20). The summed E-state index contributed by atoms with van der Waals surface area (Å²) in [5, 5.41) is 13.9. The topological polar surface area (TPSA) is 47.9 Å². The molecule has 0 saturated carbocycles. The van der Waals surface area contributed by atoms with E-state index in [0.29, 0.717) is 12.5 Å². The molecule has 2 fully saturated rings. The molecule has 0 amide bonds. The fourth-order valence-electron chi connectivity index (χ4n) is 3.32. The molecule has 2 aliphatic heterocycles. The van der Waals surface area contributed by atoms with Gasteiger partial charge in [-0.25, -0.2) is 0 Å². The highest BCUT2D eigenvalue weighted by Gasteiger charge is 2.32. The summed E-state index contributed by atoms with van der Waals surface area (Å²) in [6.07, 6.45) is 2.02. The zero-order valence-corrected chi connectivity index (χ0v) is 14.7. The first kappa shape index (κ1) is 16.7. The fourth-order valence-corrected chi connectivity index (χ4v) is 4.60. The maximum Gasteiger partial charge on any atom is 0.194 e. The van der Waals surface area contributed by atoms with Gasteiger partial charge in [0.2, 0.25) is 0 Å². The van der Waals surface area contributed by atoms with Gasteiger partial charge < -0.3 is 15.3 Å². The van der Waals surface area contributed by atoms with Gasteiger partial charge in [0.05, 0.1) is 12.1 Å². The Morgan fingerprint density at radius 1 is 1.43 bits per heavy atom. The minimum atomic E-state index is -0.607. The van der Waals surface area contributed by atoms with E-state index in [2.05, 4.69) is 47.5 Å². The molecule has 2 saturated heterocycles. The number of aliphatic imine (C=N–C) groups is 1. The van der Waals surface area contributed by atoms with E-state index in [4.69, 9.17) is 4.99 Å². The Labute approximate surface area is 143 Å². The molecule has 0 aromatic heterocycles. The van der Waals surface area contributed by atoms with Gasteiger partial charge in [-0.1, -0.05) is 30.3 Å². The van der Waals surface area contributed by atoms with Crippen molar-refractivity contribution in [2.24, 2.45) is 4.99 Å². The maximum absolute atomic E-state index is 10.5. The van der Waals surface area contributed by atoms with E-state index in [9.17, 15) is 5.11 Å². The van der Waals surface area contributed by atoms with E-state index in [-0.39, 0.29) is 0 Å². The second kappa shape index (κ2) is 7.58. The van der Waals surface area contributed by atoms with Gasteiger partial charge in [-0.2, -0.15) is 11.8 Å². The van der Waals surface area contributed by atoms with E-state index in [1.165, 1.54) is 5.56 Å². The number of hydrogen-bond donors (Lipinski definition) is 2. The van der Waals surface area contributed by atoms with Crippen LogP contribution in [0.4, 0.5) is 0 Å². The number of aliphatic hydroxyl groups is 1. The molecular formula is C18H27N3OS. The summed E-state index contributed by atoms with van der Waals surface area (Å²) in [5.74, 6) is 3.38. The van der Waals surface area contributed by atoms with Gasteiger partial charge in [0, 0.05) is 31.3 Å². The number of nitrogens with zero attached hydrogens (tertiary/aromatic N) is 2. The van der Waals surface area contributed by atoms with Crippen molar-refractivity contribution in [2.45, 2.75) is 31.3 Å². The van der Waals surface area contributed by atoms with Crippen molar-refractivity contribution in [3.05, 3.63) is 35.9 Å². The first-order valence-corrected chi connectivity index (χ1v) is 9.74. The Kier molecular flexibility index (Phi) is 5.49. The van der Waals surface area contributed by atoms with E-state index in [0.717, 1.165) is 49.9 Å². The largest absolute Gasteiger partial charge is 0.387 e. The summed E-state index contributed by atoms with van der Waals surface area (Å²) in [7, 11) is 0. The minimum absolute atomic E-state index is 0.509. The van der Waals surface area contributed by atoms with Crippen molar-refractivity contribution in [3.63, 3.8) is 0 Å². The number of guanidine groups is 1. The molecular weight excluding hydrogens is 306 g/mol. The molecule has 23 heavy (non-hydrogen) atoms. The van der Waals surface area contributed by atoms with Crippen molar-refractivity contribution < 1.29 is 5.11 Å². The summed E-state index contributed by atoms with van der Waals surface area (Å²) in [6, 6.07) is 10.7. The molecule has 2 N–H and O–H groups in total. The van der Waals surface area contributed by atoms with Crippen molar-refractivity contribution >= 4 is 17.7 Å². The third-order valence-electron chi connectivity index (χ3n) is 4.70. The molecule has 0 radical (unpaired) electrons. The summed E-state index contributed by atoms with van der Waals surface area (Å²) in [5.41, 5.74) is 0.806. The molecule has 2 heterocycles. The van der Waals surface area contributed by atoms with Gasteiger partial charge >= 0.3 is 0 Å². The van der Waals surface area contributed by atoms with Crippen LogP contribution in [0.25, 0.3) is 0 Å². The van der Waals surface area contributed by atoms with Crippen molar-refractivity contribution in [1.82, 2.24) is 10.2 Å². The normalized spacial score (nSPS) is 28.3. The zero-order valence-electron chi connectivity index (χ0n) is 13.9. The highest BCUT2D eigenvalue weighted by Crippen LogP contribution is 2.29. The van der Waals surface area contributed by atoms with Crippen LogP contribution >= 0.6 is 11.8 Å². The third kappa shape index (κ3) is 4.21. The van der Waals surface area contributed by atoms with Crippen LogP contribution in [-0.2, 0) is 0 Å². The number of likely N-dealkylation sites (tertiary alicyclic amines) is 1. The highest BCUT2D eigenvalue weighted by molar-refractivity contribution is 7.99. The number of hydrogen-bond acceptors (Lipinski definition) is 3. The van der Waals surface area contributed by atoms with E-state index >= 15 is 0 Å². The van der Waals surface area contributed by atoms with Crippen molar-refractivity contribution in [2.75, 3.05) is 37.7 Å². The van der Waals surface area contributed by atoms with Crippen LogP contribution in [0.3, 0.4) is 0 Å². The second-order valence-electron chi connectivity index (χ2n) is 6.54. The third-order valence-corrected chi connectivity index (χ3v) is 5.93. The van der Waals surface area contributed by atoms with Gasteiger partial charge in [-0.3, -0.25) is 4.99 Å². The summed E-state index contributed by atoms with van der Waals surface area (Å²) in [4.78, 5) is 7.09. The fraction of sp³-hybridized carbons (Fsp3) is 0.611. The maximum atomic E-state index is 10.5. The van der Waals surface area contributed by atoms with Gasteiger partial charge in [0.15, 0.2) is 5.96 Å². The molecule has 1 aromatic rings. The molecule has 2 unspecified atom stereocenters. The molecule has 2 atom stereocenters. The first-order valence-electron chi connectivity index (χ1n) is 8.58. The predicted octanol–water partition coefficient (Wildman–Crippen LogP) is 2.31. The molecule has 0 bridgehead atoms. The molecule has 2 aliphatic rings. The summed E-state index contributed by atoms with van der Waals surface area (Å²) >= 11 is 1.82. The number of rotatable bonds is 4. The average molecular weight is 334 g/mol. The minimum Gasteiger partial charge on any atom is -0.387 e. The molecule has 3 rings (SSSR count). The van der Waals surface area contributed by atoms with Gasteiger partial charge in [-0.15, -0.1) is 0 Å². The molecule has 0 spiro atoms. The smallest absolute Gasteiger partial charge is 0.194 e. The Bertz CT molecular complexity index is 528. The first-order chi connectivity index (χ1) is 11.2. The van der Waals surface area contributed by atoms with Crippen LogP contribution in [0.2, 0.25) is 0 Å². The van der Waals surface area contributed by atoms with Crippen LogP contribution in [0.5, 0.6) is 0 Å². The zero-order chi connectivity index (χ0) is 16.1. The second-order valence-corrected chi connectivity index (χ2v) is 7.64. The van der Waals surface area contributed by atoms with E-state index < -0.39 is 5.60 Å². The van der Waals surface area contributed by atoms with E-state index in [1.54, 1.807) is 0 Å². The molecule has 0 aliphatic carbocycles. The lowest BCUT2D eigenvalue weighted by molar-refractivity contribution is 0.0776. The van der Waals surface area contributed by atoms with E-state index in [1.807, 2.05) is 11.8 Å². The number of thioether (sulfide) groups is 1. The molecule has 126 valence electrons. The average Bonchev–Trinajstić information content (AvgIpc) is 3.22. The van der Waals surface area contributed by atoms with Crippen LogP contribution < -0.4 is 5.32 Å². The molecule has 5 heteroatoms. The van der Waals surface area contributed by atoms with Crippen LogP contribution in [0.15, 0.2) is 35.3 Å². The monoisotopic (exact) mass is 333 g/mol. The van der Waals surface area contributed by atoms with Crippen LogP contribution in [0.1, 0.15) is 31.2 Å². The summed E-state index contributed by atoms with van der Waals surface area (Å²) in [6.45, 7) is 5.50. The van der Waals surface area contributed by atoms with Crippen molar-refractivity contribution in [1.29, 1.82) is 0 Å². The Morgan fingerprint density at radius 3 is 2.96 bits per heavy atom. The lowest BCUT2D eigenvalue weighted by Gasteiger charge is -2.24. The molecule has 4 nitrogen and oxygen atoms in total. The van der Waals surface area contributed by atoms with Gasteiger partial charge in [-0.05, 0) is 31.1 Å². The lowest BCUT2D eigenvalue weighted by Crippen LogP contribution is -2.42.